The van der Waals surface area contributed by atoms with E-state index in [1.54, 1.807) is 24.4 Å². The molecule has 0 saturated carbocycles. The molecule has 0 spiro atoms. The molecule has 1 aromatic heterocycles. The summed E-state index contributed by atoms with van der Waals surface area (Å²) < 4.78 is 0. The molecular weight excluding hydrogens is 277 g/mol. The van der Waals surface area contributed by atoms with E-state index in [0.717, 1.165) is 5.56 Å². The topological polar surface area (TPSA) is 71.8 Å². The highest BCUT2D eigenvalue weighted by atomic mass is 35.5. The van der Waals surface area contributed by atoms with Gasteiger partial charge in [-0.3, -0.25) is 10.1 Å². The minimum Gasteiger partial charge on any atom is -0.342 e. The summed E-state index contributed by atoms with van der Waals surface area (Å²) in [4.78, 5) is 17.1. The van der Waals surface area contributed by atoms with Gasteiger partial charge in [-0.15, -0.1) is 0 Å². The van der Waals surface area contributed by atoms with Crippen molar-refractivity contribution < 1.29 is 4.92 Å². The first-order valence-electron chi connectivity index (χ1n) is 5.17. The molecule has 0 saturated heterocycles. The minimum atomic E-state index is -0.364. The molecule has 0 aliphatic rings. The van der Waals surface area contributed by atoms with Crippen LogP contribution in [0.1, 0.15) is 5.69 Å². The van der Waals surface area contributed by atoms with Gasteiger partial charge in [0.25, 0.3) is 0 Å². The van der Waals surface area contributed by atoms with Gasteiger partial charge in [-0.1, -0.05) is 23.2 Å². The fourth-order valence-corrected chi connectivity index (χ4v) is 2.06. The van der Waals surface area contributed by atoms with E-state index in [1.165, 1.54) is 0 Å². The van der Waals surface area contributed by atoms with Crippen LogP contribution in [0.25, 0.3) is 11.4 Å². The van der Waals surface area contributed by atoms with E-state index in [2.05, 4.69) is 9.97 Å². The van der Waals surface area contributed by atoms with Crippen LogP contribution in [-0.2, 0) is 6.42 Å². The van der Waals surface area contributed by atoms with Crippen LogP contribution < -0.4 is 0 Å². The van der Waals surface area contributed by atoms with Gasteiger partial charge in [0.2, 0.25) is 6.54 Å². The van der Waals surface area contributed by atoms with Crippen molar-refractivity contribution in [2.45, 2.75) is 6.42 Å². The molecule has 1 heterocycles. The van der Waals surface area contributed by atoms with Crippen LogP contribution in [0.5, 0.6) is 0 Å². The summed E-state index contributed by atoms with van der Waals surface area (Å²) in [5, 5.41) is 11.3. The maximum Gasteiger partial charge on any atom is 0.209 e. The monoisotopic (exact) mass is 285 g/mol. The standard InChI is InChI=1S/C11H9Cl2N3O2/c12-8-3-7(4-9(13)5-8)11-14-6-10(15-11)1-2-16(17)18/h3-6H,1-2H2,(H,14,15). The van der Waals surface area contributed by atoms with Gasteiger partial charge in [-0.2, -0.15) is 0 Å². The summed E-state index contributed by atoms with van der Waals surface area (Å²) in [7, 11) is 0. The van der Waals surface area contributed by atoms with E-state index in [1.807, 2.05) is 0 Å². The summed E-state index contributed by atoms with van der Waals surface area (Å²) in [6.07, 6.45) is 1.89. The second kappa shape index (κ2) is 5.37. The fourth-order valence-electron chi connectivity index (χ4n) is 1.54. The number of aromatic nitrogens is 2. The van der Waals surface area contributed by atoms with Crippen molar-refractivity contribution in [2.24, 2.45) is 0 Å². The van der Waals surface area contributed by atoms with Crippen molar-refractivity contribution in [3.63, 3.8) is 0 Å². The van der Waals surface area contributed by atoms with Gasteiger partial charge >= 0.3 is 0 Å². The summed E-state index contributed by atoms with van der Waals surface area (Å²) in [5.74, 6) is 0.595. The Balaban J connectivity index is 2.21. The molecule has 1 N–H and O–H groups in total. The second-order valence-corrected chi connectivity index (χ2v) is 4.59. The van der Waals surface area contributed by atoms with E-state index in [4.69, 9.17) is 23.2 Å². The maximum atomic E-state index is 10.3. The van der Waals surface area contributed by atoms with Gasteiger partial charge in [-0.25, -0.2) is 4.98 Å². The molecule has 2 aromatic rings. The Labute approximate surface area is 113 Å². The van der Waals surface area contributed by atoms with Crippen molar-refractivity contribution in [1.29, 1.82) is 0 Å². The van der Waals surface area contributed by atoms with Gasteiger partial charge in [0.05, 0.1) is 6.42 Å². The molecule has 18 heavy (non-hydrogen) atoms. The summed E-state index contributed by atoms with van der Waals surface area (Å²) >= 11 is 11.8. The number of H-pyrrole nitrogens is 1. The molecule has 0 fully saturated rings. The zero-order valence-electron chi connectivity index (χ0n) is 9.19. The molecule has 0 unspecified atom stereocenters. The first-order chi connectivity index (χ1) is 8.54. The van der Waals surface area contributed by atoms with Crippen molar-refractivity contribution in [3.05, 3.63) is 50.2 Å². The third-order valence-corrected chi connectivity index (χ3v) is 2.76. The Morgan fingerprint density at radius 1 is 1.28 bits per heavy atom. The molecule has 0 atom stereocenters. The molecule has 0 aliphatic carbocycles. The van der Waals surface area contributed by atoms with Crippen LogP contribution in [0.3, 0.4) is 0 Å². The lowest BCUT2D eigenvalue weighted by Gasteiger charge is -1.99. The number of nitrogens with zero attached hydrogens (tertiary/aromatic N) is 2. The van der Waals surface area contributed by atoms with Gasteiger partial charge in [-0.05, 0) is 18.2 Å². The molecule has 2 rings (SSSR count). The number of rotatable bonds is 4. The molecule has 0 bridgehead atoms. The van der Waals surface area contributed by atoms with E-state index < -0.39 is 0 Å². The first kappa shape index (κ1) is 12.9. The van der Waals surface area contributed by atoms with Crippen molar-refractivity contribution >= 4 is 23.2 Å². The molecule has 0 radical (unpaired) electrons. The van der Waals surface area contributed by atoms with E-state index >= 15 is 0 Å². The van der Waals surface area contributed by atoms with Crippen molar-refractivity contribution in [2.75, 3.05) is 6.54 Å². The predicted octanol–water partition coefficient (Wildman–Crippen LogP) is 3.20. The Morgan fingerprint density at radius 2 is 1.94 bits per heavy atom. The number of benzene rings is 1. The largest absolute Gasteiger partial charge is 0.342 e. The quantitative estimate of drug-likeness (QED) is 0.693. The van der Waals surface area contributed by atoms with Gasteiger partial charge in [0, 0.05) is 32.4 Å². The zero-order chi connectivity index (χ0) is 13.1. The number of hydrogen-bond acceptors (Lipinski definition) is 3. The van der Waals surface area contributed by atoms with Gasteiger partial charge < -0.3 is 4.98 Å². The second-order valence-electron chi connectivity index (χ2n) is 3.72. The van der Waals surface area contributed by atoms with Crippen LogP contribution in [0.4, 0.5) is 0 Å². The highest BCUT2D eigenvalue weighted by Gasteiger charge is 2.07. The van der Waals surface area contributed by atoms with Crippen LogP contribution in [-0.4, -0.2) is 21.4 Å². The molecule has 1 aromatic carbocycles. The van der Waals surface area contributed by atoms with E-state index in [9.17, 15) is 10.1 Å². The number of halogens is 2. The molecule has 7 heteroatoms. The molecular formula is C11H9Cl2N3O2. The Kier molecular flexibility index (Phi) is 3.84. The fraction of sp³-hybridized carbons (Fsp3) is 0.182. The molecule has 0 aliphatic heterocycles. The van der Waals surface area contributed by atoms with Gasteiger partial charge in [0.1, 0.15) is 5.82 Å². The average molecular weight is 286 g/mol. The normalized spacial score (nSPS) is 10.6. The Morgan fingerprint density at radius 3 is 2.56 bits per heavy atom. The zero-order valence-corrected chi connectivity index (χ0v) is 10.7. The lowest BCUT2D eigenvalue weighted by atomic mass is 10.2. The average Bonchev–Trinajstić information content (AvgIpc) is 2.73. The predicted molar refractivity (Wildman–Crippen MR) is 69.6 cm³/mol. The van der Waals surface area contributed by atoms with Crippen LogP contribution in [0.15, 0.2) is 24.4 Å². The summed E-state index contributed by atoms with van der Waals surface area (Å²) in [5.41, 5.74) is 1.46. The van der Waals surface area contributed by atoms with Gasteiger partial charge in [0.15, 0.2) is 0 Å². The highest BCUT2D eigenvalue weighted by molar-refractivity contribution is 6.35. The Bertz CT molecular complexity index is 563. The summed E-state index contributed by atoms with van der Waals surface area (Å²) in [6.45, 7) is -0.127. The number of nitrogens with one attached hydrogen (secondary N) is 1. The first-order valence-corrected chi connectivity index (χ1v) is 5.92. The smallest absolute Gasteiger partial charge is 0.209 e. The van der Waals surface area contributed by atoms with E-state index in [-0.39, 0.29) is 11.5 Å². The van der Waals surface area contributed by atoms with Crippen LogP contribution in [0, 0.1) is 10.1 Å². The number of hydrogen-bond donors (Lipinski definition) is 1. The summed E-state index contributed by atoms with van der Waals surface area (Å²) in [6, 6.07) is 5.08. The minimum absolute atomic E-state index is 0.127. The maximum absolute atomic E-state index is 10.3. The Hall–Kier alpha value is -1.59. The van der Waals surface area contributed by atoms with Crippen LogP contribution >= 0.6 is 23.2 Å². The highest BCUT2D eigenvalue weighted by Crippen LogP contribution is 2.25. The SMILES string of the molecule is O=[N+]([O-])CCc1cnc(-c2cc(Cl)cc(Cl)c2)[nH]1. The number of imidazole rings is 1. The molecule has 5 nitrogen and oxygen atoms in total. The number of nitro groups is 1. The van der Waals surface area contributed by atoms with Crippen molar-refractivity contribution in [3.8, 4) is 11.4 Å². The molecule has 0 amide bonds. The van der Waals surface area contributed by atoms with Crippen molar-refractivity contribution in [1.82, 2.24) is 9.97 Å². The third-order valence-electron chi connectivity index (χ3n) is 2.33. The lowest BCUT2D eigenvalue weighted by molar-refractivity contribution is -0.479. The van der Waals surface area contributed by atoms with E-state index in [0.29, 0.717) is 28.0 Å². The number of aromatic amines is 1. The lowest BCUT2D eigenvalue weighted by Crippen LogP contribution is -2.03. The molecule has 94 valence electrons. The third kappa shape index (κ3) is 3.21. The van der Waals surface area contributed by atoms with Crippen LogP contribution in [0.2, 0.25) is 10.0 Å².